The van der Waals surface area contributed by atoms with Gasteiger partial charge in [-0.05, 0) is 31.7 Å². The average Bonchev–Trinajstić information content (AvgIpc) is 2.89. The number of alkyl halides is 1. The van der Waals surface area contributed by atoms with Crippen LogP contribution >= 0.6 is 11.6 Å². The highest BCUT2D eigenvalue weighted by molar-refractivity contribution is 6.34. The maximum Gasteiger partial charge on any atom is 0.303 e. The van der Waals surface area contributed by atoms with Gasteiger partial charge >= 0.3 is 5.97 Å². The molecule has 3 aliphatic carbocycles. The molecule has 3 heterocycles. The topological polar surface area (TPSA) is 77.8 Å². The standard InChI is InChI=1S/C18H20ClFN4O3/c1-10(25)27-14-6-26-3-2-12(14)22-16-21-5-13-11(19)4-15(24(13)23-16)17-7-18(20,8-17)9-17/h4-5,12,14H,2-3,6-9H2,1H3,(H,22,23)/t12-,14-,17?,18?/m1/s1. The number of fused-ring (bicyclic) bond motifs is 1. The number of ether oxygens (including phenoxy) is 2. The van der Waals surface area contributed by atoms with Crippen molar-refractivity contribution in [1.29, 1.82) is 0 Å². The maximum absolute atomic E-state index is 14.0. The molecule has 0 spiro atoms. The highest BCUT2D eigenvalue weighted by atomic mass is 35.5. The number of carbonyl (C=O) groups is 1. The monoisotopic (exact) mass is 394 g/mol. The smallest absolute Gasteiger partial charge is 0.303 e. The number of hydrogen-bond donors (Lipinski definition) is 1. The van der Waals surface area contributed by atoms with E-state index in [1.807, 2.05) is 6.07 Å². The Bertz CT molecular complexity index is 913. The first-order chi connectivity index (χ1) is 12.9. The van der Waals surface area contributed by atoms with Crippen LogP contribution in [0.5, 0.6) is 0 Å². The maximum atomic E-state index is 14.0. The Balaban J connectivity index is 1.43. The van der Waals surface area contributed by atoms with Crippen molar-refractivity contribution >= 4 is 29.0 Å². The summed E-state index contributed by atoms with van der Waals surface area (Å²) in [5.41, 5.74) is 0.494. The summed E-state index contributed by atoms with van der Waals surface area (Å²) >= 11 is 6.35. The van der Waals surface area contributed by atoms with E-state index in [0.717, 1.165) is 5.69 Å². The minimum absolute atomic E-state index is 0.140. The second kappa shape index (κ2) is 5.78. The third kappa shape index (κ3) is 2.69. The Morgan fingerprint density at radius 3 is 2.96 bits per heavy atom. The van der Waals surface area contributed by atoms with Crippen LogP contribution in [-0.2, 0) is 19.7 Å². The molecule has 0 aromatic carbocycles. The van der Waals surface area contributed by atoms with Gasteiger partial charge in [-0.25, -0.2) is 13.9 Å². The fourth-order valence-corrected chi connectivity index (χ4v) is 4.94. The molecule has 2 bridgehead atoms. The van der Waals surface area contributed by atoms with Gasteiger partial charge in [0.05, 0.1) is 29.6 Å². The van der Waals surface area contributed by atoms with Gasteiger partial charge in [-0.15, -0.1) is 5.10 Å². The van der Waals surface area contributed by atoms with E-state index in [4.69, 9.17) is 21.1 Å². The number of carbonyl (C=O) groups excluding carboxylic acids is 1. The Kier molecular flexibility index (Phi) is 3.68. The molecular weight excluding hydrogens is 375 g/mol. The molecule has 2 atom stereocenters. The summed E-state index contributed by atoms with van der Waals surface area (Å²) in [6.07, 6.45) is 3.54. The molecule has 6 rings (SSSR count). The first kappa shape index (κ1) is 17.2. The summed E-state index contributed by atoms with van der Waals surface area (Å²) in [5.74, 6) is 0.0681. The van der Waals surface area contributed by atoms with Gasteiger partial charge in [0.15, 0.2) is 0 Å². The Morgan fingerprint density at radius 1 is 1.48 bits per heavy atom. The van der Waals surface area contributed by atoms with Crippen molar-refractivity contribution in [1.82, 2.24) is 14.6 Å². The van der Waals surface area contributed by atoms with Crippen molar-refractivity contribution in [3.05, 3.63) is 23.0 Å². The fraction of sp³-hybridized carbons (Fsp3) is 0.611. The highest BCUT2D eigenvalue weighted by Gasteiger charge is 2.70. The molecule has 0 amide bonds. The third-order valence-corrected chi connectivity index (χ3v) is 6.22. The van der Waals surface area contributed by atoms with Crippen LogP contribution in [0.25, 0.3) is 5.52 Å². The van der Waals surface area contributed by atoms with Gasteiger partial charge in [0.1, 0.15) is 17.3 Å². The molecule has 0 unspecified atom stereocenters. The molecule has 1 aliphatic heterocycles. The van der Waals surface area contributed by atoms with Crippen molar-refractivity contribution in [2.24, 2.45) is 0 Å². The van der Waals surface area contributed by atoms with Gasteiger partial charge in [0.25, 0.3) is 0 Å². The molecule has 2 aromatic heterocycles. The van der Waals surface area contributed by atoms with Crippen LogP contribution in [0.2, 0.25) is 5.02 Å². The van der Waals surface area contributed by atoms with Gasteiger partial charge in [0.2, 0.25) is 5.95 Å². The number of esters is 1. The van der Waals surface area contributed by atoms with Crippen molar-refractivity contribution in [2.45, 2.75) is 55.8 Å². The summed E-state index contributed by atoms with van der Waals surface area (Å²) in [6.45, 7) is 2.28. The van der Waals surface area contributed by atoms with Crippen molar-refractivity contribution in [2.75, 3.05) is 18.5 Å². The molecular formula is C18H20ClFN4O3. The lowest BCUT2D eigenvalue weighted by Gasteiger charge is -2.65. The van der Waals surface area contributed by atoms with Crippen molar-refractivity contribution < 1.29 is 18.7 Å². The largest absolute Gasteiger partial charge is 0.458 e. The van der Waals surface area contributed by atoms with Gasteiger partial charge in [0, 0.05) is 18.9 Å². The number of halogens is 2. The summed E-state index contributed by atoms with van der Waals surface area (Å²) < 4.78 is 26.5. The predicted molar refractivity (Wildman–Crippen MR) is 95.8 cm³/mol. The second-order valence-corrected chi connectivity index (χ2v) is 8.39. The normalized spacial score (nSPS) is 34.6. The minimum atomic E-state index is -0.996. The Morgan fingerprint density at radius 2 is 2.26 bits per heavy atom. The lowest BCUT2D eigenvalue weighted by atomic mass is 9.41. The molecule has 27 heavy (non-hydrogen) atoms. The highest BCUT2D eigenvalue weighted by Crippen LogP contribution is 2.70. The van der Waals surface area contributed by atoms with Crippen LogP contribution in [0.15, 0.2) is 12.3 Å². The summed E-state index contributed by atoms with van der Waals surface area (Å²) in [5, 5.41) is 8.43. The molecule has 1 saturated heterocycles. The molecule has 0 radical (unpaired) electrons. The number of nitrogens with one attached hydrogen (secondary N) is 1. The summed E-state index contributed by atoms with van der Waals surface area (Å²) in [4.78, 5) is 15.7. The summed E-state index contributed by atoms with van der Waals surface area (Å²) in [6, 6.07) is 1.74. The van der Waals surface area contributed by atoms with Gasteiger partial charge in [-0.1, -0.05) is 11.6 Å². The molecule has 1 N–H and O–H groups in total. The van der Waals surface area contributed by atoms with E-state index >= 15 is 0 Å². The van der Waals surface area contributed by atoms with E-state index in [2.05, 4.69) is 15.4 Å². The second-order valence-electron chi connectivity index (χ2n) is 7.98. The lowest BCUT2D eigenvalue weighted by Crippen LogP contribution is -2.67. The number of anilines is 1. The quantitative estimate of drug-likeness (QED) is 0.803. The molecule has 144 valence electrons. The molecule has 4 aliphatic rings. The van der Waals surface area contributed by atoms with Crippen LogP contribution in [-0.4, -0.2) is 51.6 Å². The zero-order chi connectivity index (χ0) is 18.8. The first-order valence-electron chi connectivity index (χ1n) is 9.13. The van der Waals surface area contributed by atoms with Crippen LogP contribution in [0.4, 0.5) is 10.3 Å². The SMILES string of the molecule is CC(=O)O[C@@H]1COCC[C@H]1Nc1ncc2c(Cl)cc(C34CC(F)(C3)C4)n2n1. The molecule has 9 heteroatoms. The lowest BCUT2D eigenvalue weighted by molar-refractivity contribution is -0.160. The zero-order valence-corrected chi connectivity index (χ0v) is 15.6. The zero-order valence-electron chi connectivity index (χ0n) is 14.9. The third-order valence-electron chi connectivity index (χ3n) is 5.91. The molecule has 4 fully saturated rings. The first-order valence-corrected chi connectivity index (χ1v) is 9.51. The van der Waals surface area contributed by atoms with Crippen LogP contribution in [0, 0.1) is 0 Å². The minimum Gasteiger partial charge on any atom is -0.458 e. The Hall–Kier alpha value is -1.93. The molecule has 2 aromatic rings. The van der Waals surface area contributed by atoms with Gasteiger partial charge in [-0.2, -0.15) is 0 Å². The Labute approximate surface area is 160 Å². The van der Waals surface area contributed by atoms with Crippen molar-refractivity contribution in [3.8, 4) is 0 Å². The predicted octanol–water partition coefficient (Wildman–Crippen LogP) is 2.66. The van der Waals surface area contributed by atoms with Crippen LogP contribution < -0.4 is 5.32 Å². The number of nitrogens with zero attached hydrogens (tertiary/aromatic N) is 3. The van der Waals surface area contributed by atoms with Gasteiger partial charge < -0.3 is 14.8 Å². The van der Waals surface area contributed by atoms with Gasteiger partial charge in [-0.3, -0.25) is 4.79 Å². The molecule has 3 saturated carbocycles. The van der Waals surface area contributed by atoms with Crippen molar-refractivity contribution in [3.63, 3.8) is 0 Å². The van der Waals surface area contributed by atoms with E-state index in [9.17, 15) is 9.18 Å². The number of hydrogen-bond acceptors (Lipinski definition) is 6. The summed E-state index contributed by atoms with van der Waals surface area (Å²) in [7, 11) is 0. The van der Waals surface area contributed by atoms with E-state index in [-0.39, 0.29) is 17.4 Å². The fourth-order valence-electron chi connectivity index (χ4n) is 4.70. The number of aromatic nitrogens is 3. The van der Waals surface area contributed by atoms with E-state index in [1.165, 1.54) is 6.92 Å². The molecule has 7 nitrogen and oxygen atoms in total. The van der Waals surface area contributed by atoms with E-state index < -0.39 is 11.8 Å². The average molecular weight is 395 g/mol. The van der Waals surface area contributed by atoms with Crippen LogP contribution in [0.1, 0.15) is 38.3 Å². The van der Waals surface area contributed by atoms with Crippen LogP contribution in [0.3, 0.4) is 0 Å². The van der Waals surface area contributed by atoms with E-state index in [1.54, 1.807) is 10.7 Å². The number of rotatable bonds is 4. The van der Waals surface area contributed by atoms with E-state index in [0.29, 0.717) is 55.4 Å².